The van der Waals surface area contributed by atoms with E-state index in [4.69, 9.17) is 21.1 Å². The maximum absolute atomic E-state index is 5.94. The van der Waals surface area contributed by atoms with Crippen LogP contribution in [0.4, 0.5) is 0 Å². The summed E-state index contributed by atoms with van der Waals surface area (Å²) in [7, 11) is 1.68. The SMILES string of the molecule is COc1c(C)cc(Oc2ccc(Cl)cc2C)cc1C. The molecular weight excluding hydrogens is 260 g/mol. The van der Waals surface area contributed by atoms with Crippen molar-refractivity contribution >= 4 is 11.6 Å². The Morgan fingerprint density at radius 2 is 1.53 bits per heavy atom. The van der Waals surface area contributed by atoms with Gasteiger partial charge < -0.3 is 9.47 Å². The number of ether oxygens (including phenoxy) is 2. The molecule has 2 nitrogen and oxygen atoms in total. The summed E-state index contributed by atoms with van der Waals surface area (Å²) < 4.78 is 11.3. The molecule has 19 heavy (non-hydrogen) atoms. The van der Waals surface area contributed by atoms with E-state index in [0.29, 0.717) is 5.02 Å². The molecule has 0 aromatic heterocycles. The summed E-state index contributed by atoms with van der Waals surface area (Å²) in [5.74, 6) is 2.52. The van der Waals surface area contributed by atoms with Crippen LogP contribution in [0.5, 0.6) is 17.2 Å². The first-order valence-corrected chi connectivity index (χ1v) is 6.48. The summed E-state index contributed by atoms with van der Waals surface area (Å²) in [6.45, 7) is 5.99. The molecule has 0 N–H and O–H groups in total. The van der Waals surface area contributed by atoms with Crippen LogP contribution in [0.3, 0.4) is 0 Å². The summed E-state index contributed by atoms with van der Waals surface area (Å²) >= 11 is 5.94. The minimum Gasteiger partial charge on any atom is -0.496 e. The fraction of sp³-hybridized carbons (Fsp3) is 0.250. The Morgan fingerprint density at radius 1 is 0.895 bits per heavy atom. The van der Waals surface area contributed by atoms with Gasteiger partial charge in [0.25, 0.3) is 0 Å². The number of benzene rings is 2. The molecule has 0 saturated carbocycles. The number of rotatable bonds is 3. The van der Waals surface area contributed by atoms with Crippen LogP contribution < -0.4 is 9.47 Å². The topological polar surface area (TPSA) is 18.5 Å². The first kappa shape index (κ1) is 13.8. The predicted octanol–water partition coefficient (Wildman–Crippen LogP) is 5.07. The lowest BCUT2D eigenvalue weighted by molar-refractivity contribution is 0.406. The summed E-state index contributed by atoms with van der Waals surface area (Å²) in [6, 6.07) is 9.54. The van der Waals surface area contributed by atoms with E-state index in [9.17, 15) is 0 Å². The highest BCUT2D eigenvalue weighted by Crippen LogP contribution is 2.32. The molecule has 2 aromatic carbocycles. The molecule has 100 valence electrons. The van der Waals surface area contributed by atoms with Gasteiger partial charge in [0, 0.05) is 5.02 Å². The Bertz CT molecular complexity index is 583. The monoisotopic (exact) mass is 276 g/mol. The number of methoxy groups -OCH3 is 1. The van der Waals surface area contributed by atoms with Crippen molar-refractivity contribution in [3.8, 4) is 17.2 Å². The van der Waals surface area contributed by atoms with Gasteiger partial charge in [0.2, 0.25) is 0 Å². The van der Waals surface area contributed by atoms with E-state index in [2.05, 4.69) is 0 Å². The van der Waals surface area contributed by atoms with Gasteiger partial charge in [-0.15, -0.1) is 0 Å². The molecule has 0 unspecified atom stereocenters. The van der Waals surface area contributed by atoms with E-state index in [1.807, 2.05) is 51.1 Å². The molecule has 2 rings (SSSR count). The molecule has 0 heterocycles. The van der Waals surface area contributed by atoms with Crippen molar-refractivity contribution in [3.05, 3.63) is 52.0 Å². The second-order valence-corrected chi connectivity index (χ2v) is 5.04. The van der Waals surface area contributed by atoms with Crippen LogP contribution in [0.15, 0.2) is 30.3 Å². The average Bonchev–Trinajstić information content (AvgIpc) is 2.32. The molecular formula is C16H17ClO2. The third-order valence-corrected chi connectivity index (χ3v) is 3.24. The summed E-state index contributed by atoms with van der Waals surface area (Å²) in [5.41, 5.74) is 3.13. The van der Waals surface area contributed by atoms with E-state index in [1.165, 1.54) is 0 Å². The minimum atomic E-state index is 0.715. The lowest BCUT2D eigenvalue weighted by Crippen LogP contribution is -1.94. The zero-order chi connectivity index (χ0) is 14.0. The minimum absolute atomic E-state index is 0.715. The highest BCUT2D eigenvalue weighted by atomic mass is 35.5. The number of halogens is 1. The highest BCUT2D eigenvalue weighted by molar-refractivity contribution is 6.30. The van der Waals surface area contributed by atoms with Crippen LogP contribution in [0.2, 0.25) is 5.02 Å². The number of hydrogen-bond acceptors (Lipinski definition) is 2. The van der Waals surface area contributed by atoms with Crippen LogP contribution in [0.25, 0.3) is 0 Å². The van der Waals surface area contributed by atoms with Crippen molar-refractivity contribution < 1.29 is 9.47 Å². The van der Waals surface area contributed by atoms with Crippen molar-refractivity contribution in [2.45, 2.75) is 20.8 Å². The largest absolute Gasteiger partial charge is 0.496 e. The van der Waals surface area contributed by atoms with Crippen molar-refractivity contribution in [1.29, 1.82) is 0 Å². The molecule has 0 aliphatic rings. The summed E-state index contributed by atoms with van der Waals surface area (Å²) in [4.78, 5) is 0. The van der Waals surface area contributed by atoms with Gasteiger partial charge in [0.05, 0.1) is 7.11 Å². The number of hydrogen-bond donors (Lipinski definition) is 0. The smallest absolute Gasteiger partial charge is 0.130 e. The predicted molar refractivity (Wildman–Crippen MR) is 78.7 cm³/mol. The average molecular weight is 277 g/mol. The molecule has 0 aliphatic heterocycles. The Kier molecular flexibility index (Phi) is 4.01. The van der Waals surface area contributed by atoms with Gasteiger partial charge in [-0.3, -0.25) is 0 Å². The molecule has 0 amide bonds. The van der Waals surface area contributed by atoms with Gasteiger partial charge in [-0.2, -0.15) is 0 Å². The van der Waals surface area contributed by atoms with E-state index in [-0.39, 0.29) is 0 Å². The van der Waals surface area contributed by atoms with Gasteiger partial charge in [0.1, 0.15) is 17.2 Å². The van der Waals surface area contributed by atoms with Crippen LogP contribution in [-0.4, -0.2) is 7.11 Å². The van der Waals surface area contributed by atoms with Crippen LogP contribution in [0, 0.1) is 20.8 Å². The van der Waals surface area contributed by atoms with E-state index in [1.54, 1.807) is 7.11 Å². The first-order valence-electron chi connectivity index (χ1n) is 6.10. The van der Waals surface area contributed by atoms with E-state index in [0.717, 1.165) is 33.9 Å². The second-order valence-electron chi connectivity index (χ2n) is 4.60. The highest BCUT2D eigenvalue weighted by Gasteiger charge is 2.08. The maximum atomic E-state index is 5.94. The third-order valence-electron chi connectivity index (χ3n) is 3.00. The molecule has 0 atom stereocenters. The van der Waals surface area contributed by atoms with Crippen LogP contribution in [0.1, 0.15) is 16.7 Å². The molecule has 3 heteroatoms. The Balaban J connectivity index is 2.33. The van der Waals surface area contributed by atoms with Crippen molar-refractivity contribution in [1.82, 2.24) is 0 Å². The zero-order valence-corrected chi connectivity index (χ0v) is 12.3. The van der Waals surface area contributed by atoms with E-state index < -0.39 is 0 Å². The fourth-order valence-electron chi connectivity index (χ4n) is 2.15. The van der Waals surface area contributed by atoms with Gasteiger partial charge >= 0.3 is 0 Å². The molecule has 0 bridgehead atoms. The first-order chi connectivity index (χ1) is 9.01. The Labute approximate surface area is 118 Å². The van der Waals surface area contributed by atoms with E-state index >= 15 is 0 Å². The standard InChI is InChI=1S/C16H17ClO2/c1-10-7-13(17)5-6-15(10)19-14-8-11(2)16(18-4)12(3)9-14/h5-9H,1-4H3. The quantitative estimate of drug-likeness (QED) is 0.779. The van der Waals surface area contributed by atoms with Gasteiger partial charge in [0.15, 0.2) is 0 Å². The molecule has 2 aromatic rings. The lowest BCUT2D eigenvalue weighted by Gasteiger charge is -2.13. The third kappa shape index (κ3) is 3.02. The normalized spacial score (nSPS) is 10.4. The second kappa shape index (κ2) is 5.54. The molecule has 0 radical (unpaired) electrons. The van der Waals surface area contributed by atoms with Gasteiger partial charge in [-0.25, -0.2) is 0 Å². The van der Waals surface area contributed by atoms with Crippen LogP contribution >= 0.6 is 11.6 Å². The zero-order valence-electron chi connectivity index (χ0n) is 11.6. The molecule has 0 aliphatic carbocycles. The Hall–Kier alpha value is -1.67. The summed E-state index contributed by atoms with van der Waals surface area (Å²) in [6.07, 6.45) is 0. The molecule has 0 fully saturated rings. The Morgan fingerprint density at radius 3 is 2.05 bits per heavy atom. The summed E-state index contributed by atoms with van der Waals surface area (Å²) in [5, 5.41) is 0.715. The molecule has 0 spiro atoms. The fourth-order valence-corrected chi connectivity index (χ4v) is 2.37. The van der Waals surface area contributed by atoms with Gasteiger partial charge in [-0.1, -0.05) is 11.6 Å². The van der Waals surface area contributed by atoms with Crippen molar-refractivity contribution in [2.75, 3.05) is 7.11 Å². The maximum Gasteiger partial charge on any atom is 0.130 e. The lowest BCUT2D eigenvalue weighted by atomic mass is 10.1. The van der Waals surface area contributed by atoms with Crippen molar-refractivity contribution in [2.24, 2.45) is 0 Å². The van der Waals surface area contributed by atoms with Crippen LogP contribution in [-0.2, 0) is 0 Å². The molecule has 0 saturated heterocycles. The number of aryl methyl sites for hydroxylation is 3. The van der Waals surface area contributed by atoms with Crippen molar-refractivity contribution in [3.63, 3.8) is 0 Å². The van der Waals surface area contributed by atoms with Gasteiger partial charge in [-0.05, 0) is 67.8 Å².